The van der Waals surface area contributed by atoms with Gasteiger partial charge in [0.2, 0.25) is 0 Å². The molecule has 4 nitrogen and oxygen atoms in total. The summed E-state index contributed by atoms with van der Waals surface area (Å²) in [6.07, 6.45) is 5.13. The van der Waals surface area contributed by atoms with Gasteiger partial charge in [-0.2, -0.15) is 5.10 Å². The molecule has 0 fully saturated rings. The number of aliphatic hydroxyl groups is 1. The van der Waals surface area contributed by atoms with Crippen molar-refractivity contribution in [1.29, 1.82) is 0 Å². The first-order valence-electron chi connectivity index (χ1n) is 7.95. The van der Waals surface area contributed by atoms with Crippen molar-refractivity contribution in [3.8, 4) is 0 Å². The molecule has 1 heterocycles. The third-order valence-corrected chi connectivity index (χ3v) is 4.73. The Morgan fingerprint density at radius 1 is 1.30 bits per heavy atom. The first-order valence-corrected chi connectivity index (χ1v) is 8.33. The van der Waals surface area contributed by atoms with Crippen LogP contribution in [-0.2, 0) is 13.1 Å². The Hall–Kier alpha value is -1.62. The van der Waals surface area contributed by atoms with Crippen LogP contribution in [0.1, 0.15) is 23.2 Å². The first kappa shape index (κ1) is 16.2. The lowest BCUT2D eigenvalue weighted by molar-refractivity contribution is 0.246. The maximum atomic E-state index is 9.19. The molecule has 0 unspecified atom stereocenters. The molecule has 5 heteroatoms. The summed E-state index contributed by atoms with van der Waals surface area (Å²) in [4.78, 5) is 0. The normalized spacial score (nSPS) is 20.3. The maximum Gasteiger partial charge on any atom is 0.132 e. The number of hydrogen-bond donors (Lipinski definition) is 2. The molecule has 3 rings (SSSR count). The highest BCUT2D eigenvalue weighted by Gasteiger charge is 2.19. The zero-order valence-electron chi connectivity index (χ0n) is 13.2. The van der Waals surface area contributed by atoms with Gasteiger partial charge >= 0.3 is 0 Å². The second-order valence-electron chi connectivity index (χ2n) is 6.05. The van der Waals surface area contributed by atoms with Crippen LogP contribution in [-0.4, -0.2) is 27.5 Å². The topological polar surface area (TPSA) is 50.1 Å². The van der Waals surface area contributed by atoms with Gasteiger partial charge in [0.05, 0.1) is 12.2 Å². The second kappa shape index (κ2) is 7.30. The summed E-state index contributed by atoms with van der Waals surface area (Å²) in [5, 5.41) is 17.9. The molecular weight excluding hydrogens is 310 g/mol. The lowest BCUT2D eigenvalue weighted by Gasteiger charge is -2.12. The molecule has 1 aliphatic carbocycles. The smallest absolute Gasteiger partial charge is 0.132 e. The number of nitrogens with zero attached hydrogens (tertiary/aromatic N) is 2. The van der Waals surface area contributed by atoms with E-state index in [1.807, 2.05) is 29.8 Å². The van der Waals surface area contributed by atoms with Crippen molar-refractivity contribution in [1.82, 2.24) is 15.1 Å². The van der Waals surface area contributed by atoms with Gasteiger partial charge in [-0.15, -0.1) is 0 Å². The van der Waals surface area contributed by atoms with Crippen LogP contribution in [0.25, 0.3) is 0 Å². The van der Waals surface area contributed by atoms with E-state index < -0.39 is 0 Å². The minimum atomic E-state index is 0.212. The number of benzene rings is 1. The third kappa shape index (κ3) is 3.83. The predicted molar refractivity (Wildman–Crippen MR) is 92.5 cm³/mol. The molecule has 1 aliphatic rings. The average Bonchev–Trinajstić information content (AvgIpc) is 3.12. The quantitative estimate of drug-likeness (QED) is 0.800. The standard InChI is InChI=1S/C18H22ClN3O/c1-13-17(10-20-16-8-7-15(9-16)12-23)18(19)22(21-13)11-14-5-3-2-4-6-14/h2-8,15-16,20,23H,9-12H2,1H3/t15-,16+/m0/s1. The molecule has 0 spiro atoms. The minimum Gasteiger partial charge on any atom is -0.396 e. The van der Waals surface area contributed by atoms with Crippen LogP contribution in [0.2, 0.25) is 5.15 Å². The zero-order chi connectivity index (χ0) is 16.2. The minimum absolute atomic E-state index is 0.212. The lowest BCUT2D eigenvalue weighted by Crippen LogP contribution is -2.26. The van der Waals surface area contributed by atoms with Crippen molar-refractivity contribution < 1.29 is 5.11 Å². The van der Waals surface area contributed by atoms with Gasteiger partial charge in [0.1, 0.15) is 5.15 Å². The Kier molecular flexibility index (Phi) is 5.16. The second-order valence-corrected chi connectivity index (χ2v) is 6.41. The average molecular weight is 332 g/mol. The van der Waals surface area contributed by atoms with Crippen LogP contribution in [0, 0.1) is 12.8 Å². The van der Waals surface area contributed by atoms with Crippen LogP contribution in [0.15, 0.2) is 42.5 Å². The third-order valence-electron chi connectivity index (χ3n) is 4.31. The number of aromatic nitrogens is 2. The van der Waals surface area contributed by atoms with Gasteiger partial charge in [-0.25, -0.2) is 4.68 Å². The molecule has 0 saturated heterocycles. The molecule has 2 aromatic rings. The molecule has 2 N–H and O–H groups in total. The predicted octanol–water partition coefficient (Wildman–Crippen LogP) is 2.92. The van der Waals surface area contributed by atoms with E-state index in [0.29, 0.717) is 24.3 Å². The zero-order valence-corrected chi connectivity index (χ0v) is 14.0. The van der Waals surface area contributed by atoms with Crippen LogP contribution in [0.3, 0.4) is 0 Å². The summed E-state index contributed by atoms with van der Waals surface area (Å²) in [6.45, 7) is 3.57. The van der Waals surface area contributed by atoms with Gasteiger partial charge in [-0.05, 0) is 18.9 Å². The molecule has 1 aromatic heterocycles. The Morgan fingerprint density at radius 2 is 2.09 bits per heavy atom. The Labute approximate surface area is 141 Å². The summed E-state index contributed by atoms with van der Waals surface area (Å²) in [7, 11) is 0. The highest BCUT2D eigenvalue weighted by molar-refractivity contribution is 6.30. The molecule has 0 bridgehead atoms. The number of nitrogens with one attached hydrogen (secondary N) is 1. The fourth-order valence-corrected chi connectivity index (χ4v) is 3.25. The van der Waals surface area contributed by atoms with Gasteiger partial charge in [0, 0.05) is 30.7 Å². The molecule has 0 saturated carbocycles. The van der Waals surface area contributed by atoms with E-state index in [2.05, 4.69) is 34.7 Å². The number of halogens is 1. The molecule has 122 valence electrons. The molecule has 23 heavy (non-hydrogen) atoms. The maximum absolute atomic E-state index is 9.19. The van der Waals surface area contributed by atoms with Gasteiger partial charge in [0.15, 0.2) is 0 Å². The van der Waals surface area contributed by atoms with E-state index in [-0.39, 0.29) is 12.5 Å². The van der Waals surface area contributed by atoms with Crippen molar-refractivity contribution in [2.45, 2.75) is 32.5 Å². The molecular formula is C18H22ClN3O. The Balaban J connectivity index is 1.65. The summed E-state index contributed by atoms with van der Waals surface area (Å²) in [5.41, 5.74) is 3.18. The van der Waals surface area contributed by atoms with E-state index in [9.17, 15) is 5.11 Å². The molecule has 2 atom stereocenters. The highest BCUT2D eigenvalue weighted by atomic mass is 35.5. The largest absolute Gasteiger partial charge is 0.396 e. The Bertz CT molecular complexity index is 681. The van der Waals surface area contributed by atoms with Gasteiger partial charge in [-0.3, -0.25) is 0 Å². The van der Waals surface area contributed by atoms with Gasteiger partial charge in [0.25, 0.3) is 0 Å². The Morgan fingerprint density at radius 3 is 2.78 bits per heavy atom. The SMILES string of the molecule is Cc1nn(Cc2ccccc2)c(Cl)c1CN[C@@H]1C=C[C@H](CO)C1. The van der Waals surface area contributed by atoms with E-state index >= 15 is 0 Å². The van der Waals surface area contributed by atoms with Crippen molar-refractivity contribution in [3.63, 3.8) is 0 Å². The van der Waals surface area contributed by atoms with Crippen LogP contribution < -0.4 is 5.32 Å². The van der Waals surface area contributed by atoms with E-state index in [0.717, 1.165) is 17.7 Å². The summed E-state index contributed by atoms with van der Waals surface area (Å²) < 4.78 is 1.85. The summed E-state index contributed by atoms with van der Waals surface area (Å²) >= 11 is 6.52. The lowest BCUT2D eigenvalue weighted by atomic mass is 10.1. The number of aliphatic hydroxyl groups excluding tert-OH is 1. The number of rotatable bonds is 6. The van der Waals surface area contributed by atoms with E-state index in [4.69, 9.17) is 11.6 Å². The van der Waals surface area contributed by atoms with Gasteiger partial charge < -0.3 is 10.4 Å². The number of hydrogen-bond acceptors (Lipinski definition) is 3. The van der Waals surface area contributed by atoms with Crippen molar-refractivity contribution in [3.05, 3.63) is 64.5 Å². The monoisotopic (exact) mass is 331 g/mol. The van der Waals surface area contributed by atoms with Crippen LogP contribution in [0.5, 0.6) is 0 Å². The van der Waals surface area contributed by atoms with Crippen molar-refractivity contribution >= 4 is 11.6 Å². The summed E-state index contributed by atoms with van der Waals surface area (Å²) in [5.74, 6) is 0.268. The van der Waals surface area contributed by atoms with Crippen molar-refractivity contribution in [2.24, 2.45) is 5.92 Å². The van der Waals surface area contributed by atoms with E-state index in [1.165, 1.54) is 5.56 Å². The van der Waals surface area contributed by atoms with Crippen LogP contribution in [0.4, 0.5) is 0 Å². The molecule has 0 amide bonds. The first-order chi connectivity index (χ1) is 11.2. The molecule has 1 aromatic carbocycles. The highest BCUT2D eigenvalue weighted by Crippen LogP contribution is 2.22. The van der Waals surface area contributed by atoms with Gasteiger partial charge in [-0.1, -0.05) is 54.1 Å². The molecule has 0 aliphatic heterocycles. The fraction of sp³-hybridized carbons (Fsp3) is 0.389. The molecule has 0 radical (unpaired) electrons. The fourth-order valence-electron chi connectivity index (χ4n) is 2.95. The van der Waals surface area contributed by atoms with E-state index in [1.54, 1.807) is 0 Å². The summed E-state index contributed by atoms with van der Waals surface area (Å²) in [6, 6.07) is 10.5. The number of aryl methyl sites for hydroxylation is 1. The van der Waals surface area contributed by atoms with Crippen LogP contribution >= 0.6 is 11.6 Å². The van der Waals surface area contributed by atoms with Crippen molar-refractivity contribution in [2.75, 3.05) is 6.61 Å².